The van der Waals surface area contributed by atoms with Crippen LogP contribution in [0, 0.1) is 0 Å². The first-order valence-electron chi connectivity index (χ1n) is 7.51. The zero-order valence-electron chi connectivity index (χ0n) is 12.7. The predicted octanol–water partition coefficient (Wildman–Crippen LogP) is 1.65. The van der Waals surface area contributed by atoms with Crippen LogP contribution in [0.1, 0.15) is 22.5 Å². The van der Waals surface area contributed by atoms with Crippen molar-refractivity contribution in [3.63, 3.8) is 0 Å². The highest BCUT2D eigenvalue weighted by Crippen LogP contribution is 2.32. The maximum Gasteiger partial charge on any atom is 0.434 e. The zero-order chi connectivity index (χ0) is 16.6. The number of hydrogen-bond donors (Lipinski definition) is 0. The molecule has 3 heterocycles. The van der Waals surface area contributed by atoms with Gasteiger partial charge in [-0.15, -0.1) is 0 Å². The van der Waals surface area contributed by atoms with Gasteiger partial charge in [-0.25, -0.2) is 0 Å². The Kier molecular flexibility index (Phi) is 4.29. The van der Waals surface area contributed by atoms with Gasteiger partial charge in [0.15, 0.2) is 5.69 Å². The summed E-state index contributed by atoms with van der Waals surface area (Å²) in [6.07, 6.45) is -2.95. The third-order valence-corrected chi connectivity index (χ3v) is 4.36. The largest absolute Gasteiger partial charge is 0.434 e. The second kappa shape index (κ2) is 6.09. The van der Waals surface area contributed by atoms with Crippen molar-refractivity contribution in [2.24, 2.45) is 0 Å². The van der Waals surface area contributed by atoms with Crippen LogP contribution in [0.2, 0.25) is 0 Å². The van der Waals surface area contributed by atoms with E-state index in [1.807, 2.05) is 7.05 Å². The van der Waals surface area contributed by atoms with E-state index in [1.54, 1.807) is 0 Å². The van der Waals surface area contributed by atoms with E-state index in [9.17, 15) is 18.0 Å². The van der Waals surface area contributed by atoms with Crippen LogP contribution in [0.4, 0.5) is 13.2 Å². The quantitative estimate of drug-likeness (QED) is 0.786. The highest BCUT2D eigenvalue weighted by Gasteiger charge is 2.42. The van der Waals surface area contributed by atoms with E-state index >= 15 is 0 Å². The summed E-state index contributed by atoms with van der Waals surface area (Å²) in [5.74, 6) is -0.626. The smallest absolute Gasteiger partial charge is 0.374 e. The summed E-state index contributed by atoms with van der Waals surface area (Å²) in [6, 6.07) is 2.32. The molecular weight excluding hydrogens is 311 g/mol. The summed E-state index contributed by atoms with van der Waals surface area (Å²) >= 11 is 0. The number of morpholine rings is 1. The number of pyridine rings is 1. The Morgan fingerprint density at radius 2 is 2.17 bits per heavy atom. The molecule has 0 N–H and O–H groups in total. The lowest BCUT2D eigenvalue weighted by Gasteiger charge is -2.46. The summed E-state index contributed by atoms with van der Waals surface area (Å²) in [7, 11) is 1.93. The number of piperidine rings is 1. The molecule has 2 fully saturated rings. The summed E-state index contributed by atoms with van der Waals surface area (Å²) in [4.78, 5) is 19.7. The number of carbonyl (C=O) groups is 1. The molecule has 0 aliphatic carbocycles. The molecule has 2 atom stereocenters. The monoisotopic (exact) mass is 329 g/mol. The molecule has 2 aliphatic heterocycles. The number of amides is 1. The third kappa shape index (κ3) is 3.18. The Balaban J connectivity index is 1.91. The molecule has 0 radical (unpaired) electrons. The molecule has 2 saturated heterocycles. The minimum atomic E-state index is -4.65. The molecule has 0 bridgehead atoms. The molecule has 1 aromatic heterocycles. The van der Waals surface area contributed by atoms with Crippen LogP contribution in [0.15, 0.2) is 18.3 Å². The molecule has 1 aromatic rings. The van der Waals surface area contributed by atoms with Crippen molar-refractivity contribution in [3.8, 4) is 0 Å². The van der Waals surface area contributed by atoms with Gasteiger partial charge in [-0.2, -0.15) is 13.2 Å². The van der Waals surface area contributed by atoms with Gasteiger partial charge in [0.2, 0.25) is 0 Å². The van der Waals surface area contributed by atoms with E-state index in [2.05, 4.69) is 9.88 Å². The number of carbonyl (C=O) groups excluding carboxylic acids is 1. The van der Waals surface area contributed by atoms with E-state index in [0.29, 0.717) is 19.7 Å². The minimum Gasteiger partial charge on any atom is -0.374 e. The van der Waals surface area contributed by atoms with Crippen molar-refractivity contribution in [3.05, 3.63) is 29.6 Å². The first kappa shape index (κ1) is 16.2. The predicted molar refractivity (Wildman–Crippen MR) is 75.9 cm³/mol. The fourth-order valence-corrected chi connectivity index (χ4v) is 3.24. The lowest BCUT2D eigenvalue weighted by atomic mass is 9.98. The van der Waals surface area contributed by atoms with Crippen LogP contribution in [0.25, 0.3) is 0 Å². The normalized spacial score (nSPS) is 26.0. The molecule has 1 amide bonds. The molecule has 3 rings (SSSR count). The average molecular weight is 329 g/mol. The number of likely N-dealkylation sites (tertiary alicyclic amines) is 1. The van der Waals surface area contributed by atoms with Crippen LogP contribution < -0.4 is 0 Å². The number of rotatable bonds is 1. The number of ether oxygens (including phenoxy) is 1. The number of halogens is 3. The lowest BCUT2D eigenvalue weighted by Crippen LogP contribution is -2.60. The Bertz CT molecular complexity index is 594. The Hall–Kier alpha value is -1.67. The van der Waals surface area contributed by atoms with Crippen LogP contribution >= 0.6 is 0 Å². The summed E-state index contributed by atoms with van der Waals surface area (Å²) in [5, 5.41) is 0. The van der Waals surface area contributed by atoms with Crippen LogP contribution in [-0.4, -0.2) is 66.1 Å². The summed E-state index contributed by atoms with van der Waals surface area (Å²) < 4.78 is 45.0. The summed E-state index contributed by atoms with van der Waals surface area (Å²) in [6.45, 7) is 2.08. The zero-order valence-corrected chi connectivity index (χ0v) is 12.7. The van der Waals surface area contributed by atoms with Gasteiger partial charge in [0, 0.05) is 25.8 Å². The van der Waals surface area contributed by atoms with Crippen LogP contribution in [0.3, 0.4) is 0 Å². The Labute approximate surface area is 132 Å². The first-order chi connectivity index (χ1) is 10.9. The second-order valence-corrected chi connectivity index (χ2v) is 5.92. The van der Waals surface area contributed by atoms with E-state index in [-0.39, 0.29) is 12.1 Å². The molecule has 0 unspecified atom stereocenters. The van der Waals surface area contributed by atoms with Crippen LogP contribution in [0.5, 0.6) is 0 Å². The van der Waals surface area contributed by atoms with Crippen molar-refractivity contribution < 1.29 is 22.7 Å². The standard InChI is InChI=1S/C15H18F3N3O2/c1-20-6-4-12-11(9-20)21(7-8-23-12)14(22)10-3-2-5-19-13(10)15(16,17)18/h2-3,5,11-12H,4,6-9H2,1H3/t11-,12+/m0/s1. The molecule has 5 nitrogen and oxygen atoms in total. The highest BCUT2D eigenvalue weighted by molar-refractivity contribution is 5.95. The maximum atomic E-state index is 13.1. The molecule has 2 aliphatic rings. The first-order valence-corrected chi connectivity index (χ1v) is 7.51. The van der Waals surface area contributed by atoms with Gasteiger partial charge in [0.25, 0.3) is 5.91 Å². The Morgan fingerprint density at radius 3 is 2.91 bits per heavy atom. The lowest BCUT2D eigenvalue weighted by molar-refractivity contribution is -0.141. The molecule has 8 heteroatoms. The third-order valence-electron chi connectivity index (χ3n) is 4.36. The fourth-order valence-electron chi connectivity index (χ4n) is 3.24. The second-order valence-electron chi connectivity index (χ2n) is 5.92. The van der Waals surface area contributed by atoms with Gasteiger partial charge < -0.3 is 14.5 Å². The molecule has 23 heavy (non-hydrogen) atoms. The SMILES string of the molecule is CN1CC[C@H]2OCCN(C(=O)c3cccnc3C(F)(F)F)[C@H]2C1. The summed E-state index contributed by atoms with van der Waals surface area (Å²) in [5.41, 5.74) is -1.52. The van der Waals surface area contributed by atoms with Gasteiger partial charge in [-0.05, 0) is 25.6 Å². The average Bonchev–Trinajstić information content (AvgIpc) is 2.53. The van der Waals surface area contributed by atoms with Crippen molar-refractivity contribution >= 4 is 5.91 Å². The molecule has 0 spiro atoms. The van der Waals surface area contributed by atoms with Gasteiger partial charge in [-0.3, -0.25) is 9.78 Å². The van der Waals surface area contributed by atoms with Gasteiger partial charge in [-0.1, -0.05) is 0 Å². The Morgan fingerprint density at radius 1 is 1.39 bits per heavy atom. The van der Waals surface area contributed by atoms with E-state index in [4.69, 9.17) is 4.74 Å². The number of hydrogen-bond acceptors (Lipinski definition) is 4. The van der Waals surface area contributed by atoms with Gasteiger partial charge in [0.1, 0.15) is 0 Å². The maximum absolute atomic E-state index is 13.1. The number of alkyl halides is 3. The molecular formula is C15H18F3N3O2. The van der Waals surface area contributed by atoms with Crippen molar-refractivity contribution in [2.75, 3.05) is 33.3 Å². The van der Waals surface area contributed by atoms with E-state index < -0.39 is 23.3 Å². The molecule has 0 aromatic carbocycles. The van der Waals surface area contributed by atoms with E-state index in [1.165, 1.54) is 17.0 Å². The number of nitrogens with zero attached hydrogens (tertiary/aromatic N) is 3. The molecule has 126 valence electrons. The topological polar surface area (TPSA) is 45.7 Å². The number of fused-ring (bicyclic) bond motifs is 1. The van der Waals surface area contributed by atoms with Gasteiger partial charge in [0.05, 0.1) is 24.3 Å². The highest BCUT2D eigenvalue weighted by atomic mass is 19.4. The van der Waals surface area contributed by atoms with E-state index in [0.717, 1.165) is 19.2 Å². The number of likely N-dealkylation sites (N-methyl/N-ethyl adjacent to an activating group) is 1. The molecule has 0 saturated carbocycles. The number of aromatic nitrogens is 1. The minimum absolute atomic E-state index is 0.116. The van der Waals surface area contributed by atoms with Crippen molar-refractivity contribution in [1.82, 2.24) is 14.8 Å². The fraction of sp³-hybridized carbons (Fsp3) is 0.600. The van der Waals surface area contributed by atoms with Crippen molar-refractivity contribution in [2.45, 2.75) is 24.7 Å². The van der Waals surface area contributed by atoms with Gasteiger partial charge >= 0.3 is 6.18 Å². The van der Waals surface area contributed by atoms with Crippen molar-refractivity contribution in [1.29, 1.82) is 0 Å². The van der Waals surface area contributed by atoms with Crippen LogP contribution in [-0.2, 0) is 10.9 Å².